The molecule has 0 bridgehead atoms. The van der Waals surface area contributed by atoms with Crippen molar-refractivity contribution in [1.82, 2.24) is 4.90 Å². The summed E-state index contributed by atoms with van der Waals surface area (Å²) in [6.45, 7) is 3.16. The van der Waals surface area contributed by atoms with Crippen molar-refractivity contribution in [1.29, 1.82) is 0 Å². The van der Waals surface area contributed by atoms with Crippen LogP contribution in [0, 0.1) is 6.92 Å². The molecule has 7 heteroatoms. The molecule has 1 aliphatic rings. The third-order valence-corrected chi connectivity index (χ3v) is 5.93. The summed E-state index contributed by atoms with van der Waals surface area (Å²) >= 11 is 0. The van der Waals surface area contributed by atoms with Gasteiger partial charge in [0.25, 0.3) is 0 Å². The normalized spacial score (nSPS) is 15.9. The van der Waals surface area contributed by atoms with Gasteiger partial charge in [0.2, 0.25) is 0 Å². The zero-order valence-electron chi connectivity index (χ0n) is 19.5. The molecule has 0 aliphatic carbocycles. The molecule has 0 aromatic heterocycles. The summed E-state index contributed by atoms with van der Waals surface area (Å²) in [5.41, 5.74) is 4.62. The van der Waals surface area contributed by atoms with Crippen LogP contribution in [0.1, 0.15) is 35.1 Å². The van der Waals surface area contributed by atoms with E-state index in [4.69, 9.17) is 0 Å². The monoisotopic (exact) mass is 512 g/mol. The van der Waals surface area contributed by atoms with Crippen LogP contribution >= 0.6 is 0 Å². The second-order valence-corrected chi connectivity index (χ2v) is 8.51. The van der Waals surface area contributed by atoms with Crippen LogP contribution in [0.3, 0.4) is 0 Å². The third-order valence-electron chi connectivity index (χ3n) is 5.93. The summed E-state index contributed by atoms with van der Waals surface area (Å²) < 4.78 is 0. The molecule has 1 heterocycles. The first-order valence-corrected chi connectivity index (χ1v) is 11.5. The van der Waals surface area contributed by atoms with Crippen molar-refractivity contribution in [3.05, 3.63) is 106 Å². The van der Waals surface area contributed by atoms with Crippen molar-refractivity contribution in [2.45, 2.75) is 32.4 Å². The van der Waals surface area contributed by atoms with E-state index in [0.717, 1.165) is 30.5 Å². The summed E-state index contributed by atoms with van der Waals surface area (Å²) in [4.78, 5) is 31.2. The maximum Gasteiger partial charge on any atom is 2.00 e. The zero-order valence-corrected chi connectivity index (χ0v) is 20.5. The Morgan fingerprint density at radius 1 is 1.03 bits per heavy atom. The van der Waals surface area contributed by atoms with Crippen LogP contribution in [0.2, 0.25) is 0 Å². The van der Waals surface area contributed by atoms with Gasteiger partial charge in [0, 0.05) is 12.1 Å². The molecular weight excluding hydrogens is 485 g/mol. The second-order valence-electron chi connectivity index (χ2n) is 8.51. The molecule has 1 N–H and O–H groups in total. The molecule has 1 aliphatic heterocycles. The number of aliphatic imine (C=N–C) groups is 1. The third kappa shape index (κ3) is 6.87. The van der Waals surface area contributed by atoms with E-state index in [-0.39, 0.29) is 35.0 Å². The SMILES string of the molecule is Cc1ccc([N-]C(=O)[C@H]2CCCN2Cc2ccccc2)c(C(=NCC(=O)O)c2ccccc2)c1.[Ni+2]. The number of hydrogen-bond acceptors (Lipinski definition) is 4. The van der Waals surface area contributed by atoms with Crippen molar-refractivity contribution in [2.75, 3.05) is 13.1 Å². The van der Waals surface area contributed by atoms with E-state index in [2.05, 4.69) is 27.3 Å². The van der Waals surface area contributed by atoms with Crippen LogP contribution in [0.4, 0.5) is 5.69 Å². The molecular formula is C28H28N3NiO3+. The number of carboxylic acid groups (broad SMARTS) is 1. The summed E-state index contributed by atoms with van der Waals surface area (Å²) in [5, 5.41) is 13.8. The summed E-state index contributed by atoms with van der Waals surface area (Å²) in [5.74, 6) is -1.19. The number of aliphatic carboxylic acids is 1. The Labute approximate surface area is 216 Å². The van der Waals surface area contributed by atoms with Crippen molar-refractivity contribution in [3.8, 4) is 0 Å². The van der Waals surface area contributed by atoms with Crippen LogP contribution in [0.25, 0.3) is 5.32 Å². The average molecular weight is 513 g/mol. The number of nitrogens with zero attached hydrogens (tertiary/aromatic N) is 3. The predicted octanol–water partition coefficient (Wildman–Crippen LogP) is 5.11. The number of amides is 1. The van der Waals surface area contributed by atoms with Crippen LogP contribution in [0.15, 0.2) is 83.9 Å². The van der Waals surface area contributed by atoms with Crippen LogP contribution in [-0.2, 0) is 32.6 Å². The first kappa shape index (κ1) is 26.3. The number of hydrogen-bond donors (Lipinski definition) is 1. The van der Waals surface area contributed by atoms with Gasteiger partial charge in [0.15, 0.2) is 0 Å². The van der Waals surface area contributed by atoms with Crippen molar-refractivity contribution in [3.63, 3.8) is 0 Å². The van der Waals surface area contributed by atoms with Gasteiger partial charge in [-0.2, -0.15) is 0 Å². The maximum atomic E-state index is 13.3. The standard InChI is InChI=1S/C28H29N3O3.Ni/c1-20-14-15-24(23(17-20)27(29-18-26(32)33)22-11-6-3-7-12-22)30-28(34)25-13-8-16-31(25)19-21-9-4-2-5-10-21;/h2-7,9-12,14-15,17,25H,8,13,16,18-19H2,1H3,(H2,29,30,32,33,34);/q;+2/p-1/t25-;/m1./s1. The summed E-state index contributed by atoms with van der Waals surface area (Å²) in [6.07, 6.45) is 1.73. The van der Waals surface area contributed by atoms with Gasteiger partial charge in [-0.3, -0.25) is 14.7 Å². The van der Waals surface area contributed by atoms with Gasteiger partial charge in [-0.05, 0) is 37.4 Å². The summed E-state index contributed by atoms with van der Waals surface area (Å²) in [7, 11) is 0. The average Bonchev–Trinajstić information content (AvgIpc) is 3.30. The van der Waals surface area contributed by atoms with Gasteiger partial charge in [-0.25, -0.2) is 0 Å². The van der Waals surface area contributed by atoms with Crippen LogP contribution in [0.5, 0.6) is 0 Å². The van der Waals surface area contributed by atoms with Gasteiger partial charge in [-0.1, -0.05) is 84.4 Å². The second kappa shape index (κ2) is 12.4. The first-order chi connectivity index (χ1) is 16.5. The minimum absolute atomic E-state index is 0. The molecule has 1 amide bonds. The van der Waals surface area contributed by atoms with Gasteiger partial charge in [0.1, 0.15) is 6.54 Å². The molecule has 1 fully saturated rings. The molecule has 0 spiro atoms. The zero-order chi connectivity index (χ0) is 23.9. The number of carboxylic acids is 1. The van der Waals surface area contributed by atoms with Crippen molar-refractivity contribution in [2.24, 2.45) is 4.99 Å². The van der Waals surface area contributed by atoms with Gasteiger partial charge >= 0.3 is 22.5 Å². The van der Waals surface area contributed by atoms with Crippen molar-refractivity contribution >= 4 is 23.3 Å². The predicted molar refractivity (Wildman–Crippen MR) is 134 cm³/mol. The largest absolute Gasteiger partial charge is 2.00 e. The fraction of sp³-hybridized carbons (Fsp3) is 0.250. The maximum absolute atomic E-state index is 13.3. The first-order valence-electron chi connectivity index (χ1n) is 11.5. The summed E-state index contributed by atoms with van der Waals surface area (Å²) in [6, 6.07) is 24.9. The fourth-order valence-corrected chi connectivity index (χ4v) is 4.32. The van der Waals surface area contributed by atoms with E-state index in [1.807, 2.05) is 73.7 Å². The Morgan fingerprint density at radius 2 is 1.71 bits per heavy atom. The van der Waals surface area contributed by atoms with E-state index >= 15 is 0 Å². The number of aryl methyl sites for hydroxylation is 1. The quantitative estimate of drug-likeness (QED) is 0.335. The van der Waals surface area contributed by atoms with Gasteiger partial charge in [-0.15, -0.1) is 5.69 Å². The van der Waals surface area contributed by atoms with E-state index < -0.39 is 5.97 Å². The molecule has 0 saturated carbocycles. The Morgan fingerprint density at radius 3 is 2.40 bits per heavy atom. The van der Waals surface area contributed by atoms with E-state index in [1.165, 1.54) is 5.56 Å². The Balaban J connectivity index is 0.00000342. The topological polar surface area (TPSA) is 84.1 Å². The van der Waals surface area contributed by atoms with Crippen LogP contribution in [-0.4, -0.2) is 46.7 Å². The fourth-order valence-electron chi connectivity index (χ4n) is 4.32. The molecule has 35 heavy (non-hydrogen) atoms. The molecule has 182 valence electrons. The molecule has 4 rings (SSSR count). The van der Waals surface area contributed by atoms with Crippen molar-refractivity contribution < 1.29 is 31.2 Å². The molecule has 6 nitrogen and oxygen atoms in total. The minimum Gasteiger partial charge on any atom is -0.625 e. The minimum atomic E-state index is -1.02. The van der Waals surface area contributed by atoms with Gasteiger partial charge in [0.05, 0.1) is 17.7 Å². The molecule has 1 atom stereocenters. The molecule has 1 saturated heterocycles. The number of likely N-dealkylation sites (tertiary alicyclic amines) is 1. The van der Waals surface area contributed by atoms with Gasteiger partial charge < -0.3 is 15.2 Å². The number of carbonyl (C=O) groups is 2. The molecule has 0 radical (unpaired) electrons. The van der Waals surface area contributed by atoms with E-state index in [1.54, 1.807) is 0 Å². The number of carbonyl (C=O) groups excluding carboxylic acids is 1. The Hall–Kier alpha value is -3.28. The molecule has 0 unspecified atom stereocenters. The van der Waals surface area contributed by atoms with E-state index in [9.17, 15) is 14.7 Å². The Kier molecular flexibility index (Phi) is 9.35. The molecule has 3 aromatic rings. The number of rotatable bonds is 8. The van der Waals surface area contributed by atoms with Crippen LogP contribution < -0.4 is 0 Å². The molecule has 3 aromatic carbocycles. The van der Waals surface area contributed by atoms with E-state index in [0.29, 0.717) is 23.5 Å². The number of benzene rings is 3. The Bertz CT molecular complexity index is 1180. The smallest absolute Gasteiger partial charge is 0.625 e.